The molecule has 1 aromatic carbocycles. The molecule has 0 saturated carbocycles. The Morgan fingerprint density at radius 2 is 2.20 bits per heavy atom. The van der Waals surface area contributed by atoms with E-state index < -0.39 is 0 Å². The fourth-order valence-corrected chi connectivity index (χ4v) is 2.31. The molecule has 0 bridgehead atoms. The second-order valence-corrected chi connectivity index (χ2v) is 5.81. The van der Waals surface area contributed by atoms with E-state index in [-0.39, 0.29) is 11.9 Å². The topological polar surface area (TPSA) is 42.2 Å². The zero-order valence-electron chi connectivity index (χ0n) is 11.7. The molecule has 1 amide bonds. The molecular weight excluding hydrogens is 318 g/mol. The molecule has 1 atom stereocenters. The normalized spacial score (nSPS) is 12.2. The first-order valence-electron chi connectivity index (χ1n) is 6.65. The van der Waals surface area contributed by atoms with E-state index in [1.807, 2.05) is 44.2 Å². The Balaban J connectivity index is 1.88. The third-order valence-electron chi connectivity index (χ3n) is 3.22. The first-order valence-corrected chi connectivity index (χ1v) is 7.45. The van der Waals surface area contributed by atoms with Crippen LogP contribution in [0.15, 0.2) is 45.5 Å². The molecule has 3 nitrogen and oxygen atoms in total. The van der Waals surface area contributed by atoms with Crippen LogP contribution in [-0.4, -0.2) is 11.9 Å². The summed E-state index contributed by atoms with van der Waals surface area (Å²) in [7, 11) is 0. The van der Waals surface area contributed by atoms with Crippen LogP contribution in [-0.2, 0) is 6.42 Å². The molecule has 2 aromatic rings. The van der Waals surface area contributed by atoms with Crippen LogP contribution >= 0.6 is 15.9 Å². The summed E-state index contributed by atoms with van der Waals surface area (Å²) in [4.78, 5) is 12.1. The minimum atomic E-state index is -0.0438. The molecule has 0 fully saturated rings. The van der Waals surface area contributed by atoms with E-state index >= 15 is 0 Å². The SMILES string of the molecule is Cc1ccc(C(=O)NC(C)CCc2ccco2)cc1Br. The first-order chi connectivity index (χ1) is 9.56. The van der Waals surface area contributed by atoms with Crippen molar-refractivity contribution in [2.24, 2.45) is 0 Å². The van der Waals surface area contributed by atoms with Gasteiger partial charge in [0, 0.05) is 22.5 Å². The maximum Gasteiger partial charge on any atom is 0.251 e. The van der Waals surface area contributed by atoms with Crippen molar-refractivity contribution in [1.82, 2.24) is 5.32 Å². The van der Waals surface area contributed by atoms with E-state index in [2.05, 4.69) is 21.2 Å². The lowest BCUT2D eigenvalue weighted by molar-refractivity contribution is 0.0938. The Labute approximate surface area is 127 Å². The summed E-state index contributed by atoms with van der Waals surface area (Å²) in [6, 6.07) is 9.56. The highest BCUT2D eigenvalue weighted by atomic mass is 79.9. The van der Waals surface area contributed by atoms with E-state index in [4.69, 9.17) is 4.42 Å². The van der Waals surface area contributed by atoms with Crippen LogP contribution in [0.25, 0.3) is 0 Å². The lowest BCUT2D eigenvalue weighted by atomic mass is 10.1. The molecular formula is C16H18BrNO2. The molecule has 1 N–H and O–H groups in total. The van der Waals surface area contributed by atoms with Crippen molar-refractivity contribution < 1.29 is 9.21 Å². The van der Waals surface area contributed by atoms with E-state index in [0.717, 1.165) is 28.6 Å². The lowest BCUT2D eigenvalue weighted by Gasteiger charge is -2.13. The van der Waals surface area contributed by atoms with Gasteiger partial charge in [-0.2, -0.15) is 0 Å². The van der Waals surface area contributed by atoms with Gasteiger partial charge < -0.3 is 9.73 Å². The predicted octanol–water partition coefficient (Wildman–Crippen LogP) is 4.10. The Kier molecular flexibility index (Phi) is 5.01. The van der Waals surface area contributed by atoms with Crippen molar-refractivity contribution in [2.45, 2.75) is 32.7 Å². The predicted molar refractivity (Wildman–Crippen MR) is 82.8 cm³/mol. The second kappa shape index (κ2) is 6.75. The highest BCUT2D eigenvalue weighted by Crippen LogP contribution is 2.17. The molecule has 2 rings (SSSR count). The molecule has 106 valence electrons. The van der Waals surface area contributed by atoms with Crippen LogP contribution in [0, 0.1) is 6.92 Å². The highest BCUT2D eigenvalue weighted by Gasteiger charge is 2.11. The summed E-state index contributed by atoms with van der Waals surface area (Å²) in [5.74, 6) is 0.904. The van der Waals surface area contributed by atoms with Crippen molar-refractivity contribution in [1.29, 1.82) is 0 Å². The van der Waals surface area contributed by atoms with Crippen LogP contribution in [0.3, 0.4) is 0 Å². The maximum absolute atomic E-state index is 12.1. The van der Waals surface area contributed by atoms with Crippen LogP contribution in [0.2, 0.25) is 0 Å². The Bertz CT molecular complexity index is 578. The third kappa shape index (κ3) is 3.97. The number of furan rings is 1. The average Bonchev–Trinajstić information content (AvgIpc) is 2.92. The number of carbonyl (C=O) groups is 1. The van der Waals surface area contributed by atoms with Crippen LogP contribution in [0.1, 0.15) is 35.0 Å². The standard InChI is InChI=1S/C16H18BrNO2/c1-11-5-7-13(10-15(11)17)16(19)18-12(2)6-8-14-4-3-9-20-14/h3-5,7,9-10,12H,6,8H2,1-2H3,(H,18,19). The van der Waals surface area contributed by atoms with E-state index in [0.29, 0.717) is 5.56 Å². The van der Waals surface area contributed by atoms with Crippen molar-refractivity contribution in [3.8, 4) is 0 Å². The molecule has 1 unspecified atom stereocenters. The summed E-state index contributed by atoms with van der Waals surface area (Å²) in [6.45, 7) is 4.00. The van der Waals surface area contributed by atoms with Gasteiger partial charge in [-0.15, -0.1) is 0 Å². The lowest BCUT2D eigenvalue weighted by Crippen LogP contribution is -2.32. The van der Waals surface area contributed by atoms with Gasteiger partial charge in [-0.25, -0.2) is 0 Å². The summed E-state index contributed by atoms with van der Waals surface area (Å²) in [5.41, 5.74) is 1.79. The quantitative estimate of drug-likeness (QED) is 0.893. The van der Waals surface area contributed by atoms with Gasteiger partial charge in [0.2, 0.25) is 0 Å². The molecule has 1 heterocycles. The van der Waals surface area contributed by atoms with Gasteiger partial charge in [-0.3, -0.25) is 4.79 Å². The Hall–Kier alpha value is -1.55. The molecule has 0 aliphatic rings. The molecule has 0 aliphatic carbocycles. The van der Waals surface area contributed by atoms with Crippen molar-refractivity contribution in [2.75, 3.05) is 0 Å². The number of nitrogens with one attached hydrogen (secondary N) is 1. The zero-order chi connectivity index (χ0) is 14.5. The summed E-state index contributed by atoms with van der Waals surface area (Å²) < 4.78 is 6.24. The van der Waals surface area contributed by atoms with E-state index in [1.165, 1.54) is 0 Å². The van der Waals surface area contributed by atoms with Crippen LogP contribution in [0.5, 0.6) is 0 Å². The van der Waals surface area contributed by atoms with E-state index in [9.17, 15) is 4.79 Å². The number of rotatable bonds is 5. The van der Waals surface area contributed by atoms with Crippen LogP contribution in [0.4, 0.5) is 0 Å². The highest BCUT2D eigenvalue weighted by molar-refractivity contribution is 9.10. The molecule has 20 heavy (non-hydrogen) atoms. The smallest absolute Gasteiger partial charge is 0.251 e. The molecule has 0 saturated heterocycles. The largest absolute Gasteiger partial charge is 0.469 e. The van der Waals surface area contributed by atoms with Crippen molar-refractivity contribution in [3.63, 3.8) is 0 Å². The van der Waals surface area contributed by atoms with Gasteiger partial charge in [-0.05, 0) is 50.1 Å². The van der Waals surface area contributed by atoms with Gasteiger partial charge in [0.15, 0.2) is 0 Å². The number of halogens is 1. The van der Waals surface area contributed by atoms with Crippen LogP contribution < -0.4 is 5.32 Å². The number of benzene rings is 1. The molecule has 0 spiro atoms. The molecule has 4 heteroatoms. The molecule has 0 aliphatic heterocycles. The summed E-state index contributed by atoms with van der Waals surface area (Å²) in [6.07, 6.45) is 3.35. The summed E-state index contributed by atoms with van der Waals surface area (Å²) >= 11 is 3.45. The number of hydrogen-bond donors (Lipinski definition) is 1. The first kappa shape index (κ1) is 14.9. The number of aryl methyl sites for hydroxylation is 2. The van der Waals surface area contributed by atoms with Gasteiger partial charge in [0.25, 0.3) is 5.91 Å². The van der Waals surface area contributed by atoms with Crippen molar-refractivity contribution >= 4 is 21.8 Å². The van der Waals surface area contributed by atoms with Gasteiger partial charge >= 0.3 is 0 Å². The van der Waals surface area contributed by atoms with Gasteiger partial charge in [0.05, 0.1) is 6.26 Å². The summed E-state index contributed by atoms with van der Waals surface area (Å²) in [5, 5.41) is 3.00. The molecule has 1 aromatic heterocycles. The fourth-order valence-electron chi connectivity index (χ4n) is 1.93. The Morgan fingerprint density at radius 1 is 1.40 bits per heavy atom. The molecule has 0 radical (unpaired) electrons. The average molecular weight is 336 g/mol. The Morgan fingerprint density at radius 3 is 2.85 bits per heavy atom. The zero-order valence-corrected chi connectivity index (χ0v) is 13.2. The monoisotopic (exact) mass is 335 g/mol. The minimum Gasteiger partial charge on any atom is -0.469 e. The number of amides is 1. The van der Waals surface area contributed by atoms with Gasteiger partial charge in [0.1, 0.15) is 5.76 Å². The number of carbonyl (C=O) groups excluding carboxylic acids is 1. The van der Waals surface area contributed by atoms with Crippen molar-refractivity contribution in [3.05, 3.63) is 58.0 Å². The van der Waals surface area contributed by atoms with Gasteiger partial charge in [-0.1, -0.05) is 22.0 Å². The maximum atomic E-state index is 12.1. The third-order valence-corrected chi connectivity index (χ3v) is 4.07. The van der Waals surface area contributed by atoms with E-state index in [1.54, 1.807) is 6.26 Å². The number of hydrogen-bond acceptors (Lipinski definition) is 2. The fraction of sp³-hybridized carbons (Fsp3) is 0.312. The second-order valence-electron chi connectivity index (χ2n) is 4.96. The minimum absolute atomic E-state index is 0.0438.